The Balaban J connectivity index is 1.75. The molecule has 1 aliphatic heterocycles. The quantitative estimate of drug-likeness (QED) is 0.780. The molecule has 4 nitrogen and oxygen atoms in total. The predicted molar refractivity (Wildman–Crippen MR) is 88.0 cm³/mol. The number of halogens is 1. The van der Waals surface area contributed by atoms with Crippen LogP contribution in [0.2, 0.25) is 0 Å². The molecule has 0 radical (unpaired) electrons. The fourth-order valence-electron chi connectivity index (χ4n) is 2.61. The Labute approximate surface area is 137 Å². The topological polar surface area (TPSA) is 40.6 Å². The van der Waals surface area contributed by atoms with Gasteiger partial charge < -0.3 is 9.80 Å². The Morgan fingerprint density at radius 2 is 1.45 bits per heavy atom. The molecule has 1 fully saturated rings. The second kappa shape index (κ2) is 8.18. The minimum Gasteiger partial charge on any atom is -0.339 e. The van der Waals surface area contributed by atoms with E-state index in [4.69, 9.17) is 11.6 Å². The van der Waals surface area contributed by atoms with Crippen LogP contribution in [0, 0.1) is 6.92 Å². The highest BCUT2D eigenvalue weighted by molar-refractivity contribution is 6.18. The number of alkyl halides is 1. The number of hydrogen-bond donors (Lipinski definition) is 0. The van der Waals surface area contributed by atoms with Gasteiger partial charge in [0.2, 0.25) is 11.8 Å². The van der Waals surface area contributed by atoms with E-state index in [0.717, 1.165) is 6.42 Å². The summed E-state index contributed by atoms with van der Waals surface area (Å²) >= 11 is 5.59. The molecule has 0 bridgehead atoms. The Bertz CT molecular complexity index is 508. The van der Waals surface area contributed by atoms with Crippen LogP contribution < -0.4 is 0 Å². The third-order valence-corrected chi connectivity index (χ3v) is 4.23. The van der Waals surface area contributed by atoms with E-state index in [0.29, 0.717) is 44.9 Å². The lowest BCUT2D eigenvalue weighted by Gasteiger charge is -2.34. The second-order valence-electron chi connectivity index (χ2n) is 5.69. The van der Waals surface area contributed by atoms with Gasteiger partial charge in [0.15, 0.2) is 0 Å². The number of piperazine rings is 1. The number of nitrogens with zero attached hydrogens (tertiary/aromatic N) is 2. The summed E-state index contributed by atoms with van der Waals surface area (Å²) in [7, 11) is 0. The van der Waals surface area contributed by atoms with Gasteiger partial charge in [0, 0.05) is 44.9 Å². The average Bonchev–Trinajstić information content (AvgIpc) is 2.54. The first-order chi connectivity index (χ1) is 10.6. The highest BCUT2D eigenvalue weighted by atomic mass is 35.5. The second-order valence-corrected chi connectivity index (χ2v) is 6.06. The SMILES string of the molecule is Cc1ccc(CCC(=O)N2CCN(C(=O)CCCl)CC2)cc1. The minimum atomic E-state index is 0.0850. The predicted octanol–water partition coefficient (Wildman–Crippen LogP) is 2.23. The van der Waals surface area contributed by atoms with Crippen LogP contribution in [-0.4, -0.2) is 53.7 Å². The van der Waals surface area contributed by atoms with Crippen molar-refractivity contribution in [1.82, 2.24) is 9.80 Å². The van der Waals surface area contributed by atoms with Crippen LogP contribution in [0.4, 0.5) is 0 Å². The van der Waals surface area contributed by atoms with Crippen LogP contribution in [0.15, 0.2) is 24.3 Å². The molecule has 0 spiro atoms. The van der Waals surface area contributed by atoms with E-state index in [1.165, 1.54) is 11.1 Å². The summed E-state index contributed by atoms with van der Waals surface area (Å²) in [5.41, 5.74) is 2.42. The van der Waals surface area contributed by atoms with Gasteiger partial charge in [-0.1, -0.05) is 29.8 Å². The molecule has 0 N–H and O–H groups in total. The average molecular weight is 323 g/mol. The fourth-order valence-corrected chi connectivity index (χ4v) is 2.77. The molecule has 0 aromatic heterocycles. The van der Waals surface area contributed by atoms with E-state index in [9.17, 15) is 9.59 Å². The summed E-state index contributed by atoms with van der Waals surface area (Å²) in [6.07, 6.45) is 1.67. The molecule has 22 heavy (non-hydrogen) atoms. The maximum atomic E-state index is 12.2. The molecule has 2 amide bonds. The Hall–Kier alpha value is -1.55. The normalized spacial score (nSPS) is 15.0. The largest absolute Gasteiger partial charge is 0.339 e. The van der Waals surface area contributed by atoms with Crippen molar-refractivity contribution in [3.05, 3.63) is 35.4 Å². The van der Waals surface area contributed by atoms with E-state index < -0.39 is 0 Å². The van der Waals surface area contributed by atoms with E-state index >= 15 is 0 Å². The number of hydrogen-bond acceptors (Lipinski definition) is 2. The maximum Gasteiger partial charge on any atom is 0.223 e. The van der Waals surface area contributed by atoms with Crippen LogP contribution in [0.1, 0.15) is 24.0 Å². The molecule has 0 atom stereocenters. The molecule has 120 valence electrons. The zero-order valence-corrected chi connectivity index (χ0v) is 13.8. The highest BCUT2D eigenvalue weighted by Crippen LogP contribution is 2.10. The van der Waals surface area contributed by atoms with Gasteiger partial charge in [0.25, 0.3) is 0 Å². The molecule has 0 aliphatic carbocycles. The van der Waals surface area contributed by atoms with Crippen molar-refractivity contribution in [3.63, 3.8) is 0 Å². The molecule has 5 heteroatoms. The first kappa shape index (κ1) is 16.8. The molecular formula is C17H23ClN2O2. The number of carbonyl (C=O) groups is 2. The minimum absolute atomic E-state index is 0.0850. The fraction of sp³-hybridized carbons (Fsp3) is 0.529. The lowest BCUT2D eigenvalue weighted by molar-refractivity contribution is -0.139. The summed E-state index contributed by atoms with van der Waals surface area (Å²) in [6, 6.07) is 8.29. The molecule has 0 saturated carbocycles. The van der Waals surface area contributed by atoms with Gasteiger partial charge in [-0.25, -0.2) is 0 Å². The van der Waals surface area contributed by atoms with Gasteiger partial charge in [0.05, 0.1) is 0 Å². The number of amides is 2. The molecule has 0 unspecified atom stereocenters. The van der Waals surface area contributed by atoms with Crippen LogP contribution in [0.5, 0.6) is 0 Å². The van der Waals surface area contributed by atoms with Gasteiger partial charge in [-0.2, -0.15) is 0 Å². The van der Waals surface area contributed by atoms with Gasteiger partial charge in [-0.05, 0) is 18.9 Å². The Morgan fingerprint density at radius 1 is 0.955 bits per heavy atom. The summed E-state index contributed by atoms with van der Waals surface area (Å²) in [6.45, 7) is 4.54. The first-order valence-corrected chi connectivity index (χ1v) is 8.30. The van der Waals surface area contributed by atoms with Gasteiger partial charge in [-0.3, -0.25) is 9.59 Å². The molecule has 1 aromatic carbocycles. The molecule has 1 saturated heterocycles. The lowest BCUT2D eigenvalue weighted by atomic mass is 10.1. The van der Waals surface area contributed by atoms with Crippen molar-refractivity contribution in [2.45, 2.75) is 26.2 Å². The number of rotatable bonds is 5. The van der Waals surface area contributed by atoms with Gasteiger partial charge in [0.1, 0.15) is 0 Å². The van der Waals surface area contributed by atoms with Crippen LogP contribution in [-0.2, 0) is 16.0 Å². The molecule has 2 rings (SSSR count). The van der Waals surface area contributed by atoms with E-state index in [1.54, 1.807) is 4.90 Å². The van der Waals surface area contributed by atoms with Crippen molar-refractivity contribution in [2.75, 3.05) is 32.1 Å². The maximum absolute atomic E-state index is 12.2. The van der Waals surface area contributed by atoms with E-state index in [2.05, 4.69) is 31.2 Å². The van der Waals surface area contributed by atoms with Gasteiger partial charge >= 0.3 is 0 Å². The van der Waals surface area contributed by atoms with Crippen LogP contribution >= 0.6 is 11.6 Å². The lowest BCUT2D eigenvalue weighted by Crippen LogP contribution is -2.50. The number of carbonyl (C=O) groups excluding carboxylic acids is 2. The van der Waals surface area contributed by atoms with Gasteiger partial charge in [-0.15, -0.1) is 11.6 Å². The molecular weight excluding hydrogens is 300 g/mol. The Morgan fingerprint density at radius 3 is 1.95 bits per heavy atom. The molecule has 1 aliphatic rings. The van der Waals surface area contributed by atoms with E-state index in [-0.39, 0.29) is 11.8 Å². The standard InChI is InChI=1S/C17H23ClN2O2/c1-14-2-4-15(5-3-14)6-7-16(21)19-10-12-20(13-11-19)17(22)8-9-18/h2-5H,6-13H2,1H3. The third-order valence-electron chi connectivity index (χ3n) is 4.04. The van der Waals surface area contributed by atoms with Crippen LogP contribution in [0.25, 0.3) is 0 Å². The van der Waals surface area contributed by atoms with E-state index in [1.807, 2.05) is 4.90 Å². The zero-order valence-electron chi connectivity index (χ0n) is 13.1. The van der Waals surface area contributed by atoms with Crippen molar-refractivity contribution in [3.8, 4) is 0 Å². The summed E-state index contributed by atoms with van der Waals surface area (Å²) in [4.78, 5) is 27.7. The molecule has 1 aromatic rings. The summed E-state index contributed by atoms with van der Waals surface area (Å²) < 4.78 is 0. The molecule has 1 heterocycles. The van der Waals surface area contributed by atoms with Crippen molar-refractivity contribution < 1.29 is 9.59 Å². The van der Waals surface area contributed by atoms with Crippen molar-refractivity contribution in [2.24, 2.45) is 0 Å². The monoisotopic (exact) mass is 322 g/mol. The van der Waals surface area contributed by atoms with Crippen molar-refractivity contribution in [1.29, 1.82) is 0 Å². The summed E-state index contributed by atoms with van der Waals surface area (Å²) in [5.74, 6) is 0.612. The third kappa shape index (κ3) is 4.73. The summed E-state index contributed by atoms with van der Waals surface area (Å²) in [5, 5.41) is 0. The number of aryl methyl sites for hydroxylation is 2. The Kier molecular flexibility index (Phi) is 6.25. The smallest absolute Gasteiger partial charge is 0.223 e. The highest BCUT2D eigenvalue weighted by Gasteiger charge is 2.23. The zero-order chi connectivity index (χ0) is 15.9. The first-order valence-electron chi connectivity index (χ1n) is 7.77. The number of benzene rings is 1. The van der Waals surface area contributed by atoms with Crippen molar-refractivity contribution >= 4 is 23.4 Å². The van der Waals surface area contributed by atoms with Crippen LogP contribution in [0.3, 0.4) is 0 Å².